The highest BCUT2D eigenvalue weighted by atomic mass is 16.2. The average molecular weight is 225 g/mol. The largest absolute Gasteiger partial charge is 0.342 e. The molecule has 0 aliphatic carbocycles. The van der Waals surface area contributed by atoms with Crippen LogP contribution in [-0.2, 0) is 4.79 Å². The third kappa shape index (κ3) is 2.09. The Kier molecular flexibility index (Phi) is 3.50. The Balaban J connectivity index is 2.03. The van der Waals surface area contributed by atoms with Gasteiger partial charge in [0, 0.05) is 6.54 Å². The van der Waals surface area contributed by atoms with Gasteiger partial charge in [-0.3, -0.25) is 9.69 Å². The molecule has 0 saturated carbocycles. The van der Waals surface area contributed by atoms with Gasteiger partial charge in [0.1, 0.15) is 5.54 Å². The van der Waals surface area contributed by atoms with Crippen molar-refractivity contribution < 1.29 is 4.79 Å². The summed E-state index contributed by atoms with van der Waals surface area (Å²) in [7, 11) is 0. The van der Waals surface area contributed by atoms with E-state index in [9.17, 15) is 4.79 Å². The number of carbonyl (C=O) groups excluding carboxylic acids is 1. The number of rotatable bonds is 3. The van der Waals surface area contributed by atoms with Crippen LogP contribution in [0.15, 0.2) is 0 Å². The number of carbonyl (C=O) groups is 1. The normalized spacial score (nSPS) is 25.3. The summed E-state index contributed by atoms with van der Waals surface area (Å²) < 4.78 is 0. The fourth-order valence-electron chi connectivity index (χ4n) is 2.72. The molecule has 2 aliphatic heterocycles. The minimum Gasteiger partial charge on any atom is -0.342 e. The van der Waals surface area contributed by atoms with E-state index in [2.05, 4.69) is 29.4 Å². The number of nitrogens with one attached hydrogen (secondary N) is 2. The first kappa shape index (κ1) is 11.9. The van der Waals surface area contributed by atoms with Crippen LogP contribution in [0.1, 0.15) is 33.1 Å². The van der Waals surface area contributed by atoms with Crippen molar-refractivity contribution in [3.8, 4) is 0 Å². The Morgan fingerprint density at radius 1 is 1.38 bits per heavy atom. The first-order chi connectivity index (χ1) is 7.65. The van der Waals surface area contributed by atoms with Crippen LogP contribution in [0.25, 0.3) is 0 Å². The van der Waals surface area contributed by atoms with Crippen LogP contribution in [0.3, 0.4) is 0 Å². The summed E-state index contributed by atoms with van der Waals surface area (Å²) in [4.78, 5) is 14.4. The van der Waals surface area contributed by atoms with Crippen LogP contribution in [0.2, 0.25) is 0 Å². The van der Waals surface area contributed by atoms with Crippen LogP contribution < -0.4 is 10.6 Å². The molecule has 4 heteroatoms. The van der Waals surface area contributed by atoms with Crippen molar-refractivity contribution in [1.82, 2.24) is 15.5 Å². The molecule has 1 spiro atoms. The molecule has 0 aromatic rings. The third-order valence-electron chi connectivity index (χ3n) is 3.87. The Bertz CT molecular complexity index is 259. The second kappa shape index (κ2) is 4.72. The highest BCUT2D eigenvalue weighted by Crippen LogP contribution is 2.30. The van der Waals surface area contributed by atoms with Crippen LogP contribution >= 0.6 is 0 Å². The predicted molar refractivity (Wildman–Crippen MR) is 64.0 cm³/mol. The monoisotopic (exact) mass is 225 g/mol. The molecule has 0 radical (unpaired) electrons. The fourth-order valence-corrected chi connectivity index (χ4v) is 2.72. The Morgan fingerprint density at radius 3 is 2.69 bits per heavy atom. The van der Waals surface area contributed by atoms with E-state index in [1.807, 2.05) is 0 Å². The SMILES string of the molecule is CC(C)CCN1CNC(=O)C12CCNCC2. The van der Waals surface area contributed by atoms with E-state index in [1.165, 1.54) is 6.42 Å². The topological polar surface area (TPSA) is 44.4 Å². The fraction of sp³-hybridized carbons (Fsp3) is 0.917. The van der Waals surface area contributed by atoms with Crippen molar-refractivity contribution in [3.63, 3.8) is 0 Å². The van der Waals surface area contributed by atoms with Crippen LogP contribution in [-0.4, -0.2) is 42.6 Å². The zero-order valence-electron chi connectivity index (χ0n) is 10.4. The Hall–Kier alpha value is -0.610. The molecular formula is C12H23N3O. The molecule has 0 atom stereocenters. The first-order valence-corrected chi connectivity index (χ1v) is 6.39. The van der Waals surface area contributed by atoms with E-state index in [1.54, 1.807) is 0 Å². The quantitative estimate of drug-likeness (QED) is 0.737. The maximum Gasteiger partial charge on any atom is 0.241 e. The lowest BCUT2D eigenvalue weighted by molar-refractivity contribution is -0.128. The smallest absolute Gasteiger partial charge is 0.241 e. The average Bonchev–Trinajstić information content (AvgIpc) is 2.56. The summed E-state index contributed by atoms with van der Waals surface area (Å²) in [6.45, 7) is 8.18. The lowest BCUT2D eigenvalue weighted by Gasteiger charge is -2.39. The molecule has 4 nitrogen and oxygen atoms in total. The highest BCUT2D eigenvalue weighted by molar-refractivity contribution is 5.88. The molecule has 1 amide bonds. The van der Waals surface area contributed by atoms with Crippen molar-refractivity contribution in [2.75, 3.05) is 26.3 Å². The maximum absolute atomic E-state index is 12.0. The lowest BCUT2D eigenvalue weighted by Crippen LogP contribution is -2.55. The standard InChI is InChI=1S/C12H23N3O/c1-10(2)3-8-15-9-14-11(16)12(15)4-6-13-7-5-12/h10,13H,3-9H2,1-2H3,(H,14,16). The summed E-state index contributed by atoms with van der Waals surface area (Å²) in [5.41, 5.74) is -0.194. The first-order valence-electron chi connectivity index (χ1n) is 6.39. The molecular weight excluding hydrogens is 202 g/mol. The van der Waals surface area contributed by atoms with Gasteiger partial charge in [-0.25, -0.2) is 0 Å². The summed E-state index contributed by atoms with van der Waals surface area (Å²) in [6, 6.07) is 0. The van der Waals surface area contributed by atoms with Crippen molar-refractivity contribution in [2.24, 2.45) is 5.92 Å². The predicted octanol–water partition coefficient (Wildman–Crippen LogP) is 0.544. The molecule has 0 bridgehead atoms. The molecule has 2 saturated heterocycles. The number of nitrogens with zero attached hydrogens (tertiary/aromatic N) is 1. The van der Waals surface area contributed by atoms with E-state index < -0.39 is 0 Å². The van der Waals surface area contributed by atoms with E-state index in [0.29, 0.717) is 5.92 Å². The van der Waals surface area contributed by atoms with E-state index in [-0.39, 0.29) is 11.4 Å². The van der Waals surface area contributed by atoms with Crippen LogP contribution in [0, 0.1) is 5.92 Å². The van der Waals surface area contributed by atoms with Gasteiger partial charge in [0.2, 0.25) is 5.91 Å². The van der Waals surface area contributed by atoms with Crippen molar-refractivity contribution in [3.05, 3.63) is 0 Å². The molecule has 2 aliphatic rings. The molecule has 2 rings (SSSR count). The van der Waals surface area contributed by atoms with E-state index in [0.717, 1.165) is 39.1 Å². The van der Waals surface area contributed by atoms with Crippen molar-refractivity contribution in [1.29, 1.82) is 0 Å². The van der Waals surface area contributed by atoms with Crippen LogP contribution in [0.5, 0.6) is 0 Å². The molecule has 0 aromatic carbocycles. The van der Waals surface area contributed by atoms with Gasteiger partial charge in [0.05, 0.1) is 6.67 Å². The minimum absolute atomic E-state index is 0.194. The van der Waals surface area contributed by atoms with E-state index in [4.69, 9.17) is 0 Å². The van der Waals surface area contributed by atoms with Gasteiger partial charge in [0.25, 0.3) is 0 Å². The molecule has 0 aromatic heterocycles. The van der Waals surface area contributed by atoms with Gasteiger partial charge in [-0.15, -0.1) is 0 Å². The van der Waals surface area contributed by atoms with Crippen molar-refractivity contribution in [2.45, 2.75) is 38.6 Å². The summed E-state index contributed by atoms with van der Waals surface area (Å²) in [5, 5.41) is 6.35. The van der Waals surface area contributed by atoms with E-state index >= 15 is 0 Å². The number of hydrogen-bond acceptors (Lipinski definition) is 3. The van der Waals surface area contributed by atoms with Gasteiger partial charge < -0.3 is 10.6 Å². The van der Waals surface area contributed by atoms with Gasteiger partial charge >= 0.3 is 0 Å². The zero-order chi connectivity index (χ0) is 11.6. The third-order valence-corrected chi connectivity index (χ3v) is 3.87. The number of piperidine rings is 1. The zero-order valence-corrected chi connectivity index (χ0v) is 10.4. The molecule has 92 valence electrons. The Labute approximate surface area is 97.8 Å². The molecule has 16 heavy (non-hydrogen) atoms. The summed E-state index contributed by atoms with van der Waals surface area (Å²) >= 11 is 0. The van der Waals surface area contributed by atoms with Gasteiger partial charge in [0.15, 0.2) is 0 Å². The van der Waals surface area contributed by atoms with Gasteiger partial charge in [-0.05, 0) is 38.3 Å². The molecule has 0 unspecified atom stereocenters. The highest BCUT2D eigenvalue weighted by Gasteiger charge is 2.48. The van der Waals surface area contributed by atoms with Crippen molar-refractivity contribution >= 4 is 5.91 Å². The Morgan fingerprint density at radius 2 is 2.06 bits per heavy atom. The summed E-state index contributed by atoms with van der Waals surface area (Å²) in [5.74, 6) is 0.951. The van der Waals surface area contributed by atoms with Gasteiger partial charge in [-0.2, -0.15) is 0 Å². The second-order valence-corrected chi connectivity index (χ2v) is 5.39. The summed E-state index contributed by atoms with van der Waals surface area (Å²) in [6.07, 6.45) is 3.08. The lowest BCUT2D eigenvalue weighted by atomic mass is 9.86. The molecule has 2 heterocycles. The molecule has 2 N–H and O–H groups in total. The second-order valence-electron chi connectivity index (χ2n) is 5.39. The number of amides is 1. The van der Waals surface area contributed by atoms with Crippen LogP contribution in [0.4, 0.5) is 0 Å². The van der Waals surface area contributed by atoms with Gasteiger partial charge in [-0.1, -0.05) is 13.8 Å². The minimum atomic E-state index is -0.194. The molecule has 2 fully saturated rings. The number of hydrogen-bond donors (Lipinski definition) is 2. The maximum atomic E-state index is 12.0.